The van der Waals surface area contributed by atoms with Gasteiger partial charge in [-0.2, -0.15) is 0 Å². The second kappa shape index (κ2) is 13.5. The molecule has 1 nitrogen and oxygen atoms in total. The molecule has 0 aliphatic heterocycles. The van der Waals surface area contributed by atoms with E-state index in [1.165, 1.54) is 134 Å². The molecule has 180 valence electrons. The van der Waals surface area contributed by atoms with Crippen LogP contribution in [-0.2, 0) is 6.42 Å². The molecule has 3 heteroatoms. The molecule has 0 aliphatic rings. The van der Waals surface area contributed by atoms with Crippen LogP contribution in [-0.4, -0.2) is 0 Å². The van der Waals surface area contributed by atoms with E-state index in [0.717, 1.165) is 12.0 Å². The van der Waals surface area contributed by atoms with Gasteiger partial charge in [0.1, 0.15) is 11.3 Å². The van der Waals surface area contributed by atoms with E-state index in [-0.39, 0.29) is 0 Å². The van der Waals surface area contributed by atoms with Gasteiger partial charge in [0.15, 0.2) is 0 Å². The van der Waals surface area contributed by atoms with Crippen LogP contribution in [0.15, 0.2) is 33.4 Å². The summed E-state index contributed by atoms with van der Waals surface area (Å²) in [5, 5.41) is 8.38. The molecular weight excluding hydrogens is 440 g/mol. The van der Waals surface area contributed by atoms with Crippen molar-refractivity contribution >= 4 is 53.8 Å². The minimum absolute atomic E-state index is 1.07. The predicted octanol–water partition coefficient (Wildman–Crippen LogP) is 11.7. The topological polar surface area (TPSA) is 13.1 Å². The summed E-state index contributed by atoms with van der Waals surface area (Å²) in [6, 6.07) is 6.80. The fraction of sp³-hybridized carbons (Fsp3) is 0.600. The van der Waals surface area contributed by atoms with Crippen molar-refractivity contribution in [3.63, 3.8) is 0 Å². The predicted molar refractivity (Wildman–Crippen MR) is 150 cm³/mol. The minimum Gasteiger partial charge on any atom is -0.460 e. The van der Waals surface area contributed by atoms with Gasteiger partial charge in [-0.15, -0.1) is 22.7 Å². The molecule has 0 bridgehead atoms. The Hall–Kier alpha value is -1.32. The summed E-state index contributed by atoms with van der Waals surface area (Å²) in [6.07, 6.45) is 23.7. The van der Waals surface area contributed by atoms with Crippen LogP contribution in [0.25, 0.3) is 31.1 Å². The van der Waals surface area contributed by atoms with Crippen molar-refractivity contribution in [1.29, 1.82) is 0 Å². The van der Waals surface area contributed by atoms with E-state index in [1.807, 2.05) is 22.7 Å². The number of furan rings is 1. The number of fused-ring (bicyclic) bond motifs is 6. The molecule has 0 aliphatic carbocycles. The standard InChI is InChI=1S/C30H42OS2/c1-2-3-4-5-6-7-8-9-10-11-12-13-14-15-16-17-18-24-23-27-25-19-21-32-29(25)30-26(20-22-33-30)28(27)31-24/h19-23H,2-18H2,1H3. The van der Waals surface area contributed by atoms with Gasteiger partial charge in [0.25, 0.3) is 0 Å². The van der Waals surface area contributed by atoms with E-state index in [0.29, 0.717) is 0 Å². The van der Waals surface area contributed by atoms with Crippen molar-refractivity contribution in [2.45, 2.75) is 116 Å². The van der Waals surface area contributed by atoms with Gasteiger partial charge in [-0.05, 0) is 35.4 Å². The Balaban J connectivity index is 1.06. The zero-order valence-electron chi connectivity index (χ0n) is 20.6. The van der Waals surface area contributed by atoms with Crippen LogP contribution in [0.5, 0.6) is 0 Å². The zero-order chi connectivity index (χ0) is 22.7. The number of aryl methyl sites for hydroxylation is 1. The Kier molecular flexibility index (Phi) is 10.2. The first-order valence-electron chi connectivity index (χ1n) is 13.7. The summed E-state index contributed by atoms with van der Waals surface area (Å²) in [6.45, 7) is 2.30. The summed E-state index contributed by atoms with van der Waals surface area (Å²) in [7, 11) is 0. The van der Waals surface area contributed by atoms with Crippen LogP contribution in [0.3, 0.4) is 0 Å². The van der Waals surface area contributed by atoms with Crippen LogP contribution in [0, 0.1) is 0 Å². The molecule has 0 radical (unpaired) electrons. The van der Waals surface area contributed by atoms with E-state index in [2.05, 4.69) is 35.9 Å². The monoisotopic (exact) mass is 482 g/mol. The molecule has 4 aromatic rings. The second-order valence-corrected chi connectivity index (χ2v) is 11.7. The van der Waals surface area contributed by atoms with Gasteiger partial charge in [0.2, 0.25) is 0 Å². The molecule has 0 atom stereocenters. The highest BCUT2D eigenvalue weighted by atomic mass is 32.1. The van der Waals surface area contributed by atoms with E-state index < -0.39 is 0 Å². The van der Waals surface area contributed by atoms with Crippen molar-refractivity contribution in [2.24, 2.45) is 0 Å². The highest BCUT2D eigenvalue weighted by molar-refractivity contribution is 7.25. The smallest absolute Gasteiger partial charge is 0.143 e. The van der Waals surface area contributed by atoms with Crippen molar-refractivity contribution in [2.75, 3.05) is 0 Å². The first-order valence-corrected chi connectivity index (χ1v) is 15.4. The molecule has 1 aromatic carbocycles. The first-order chi connectivity index (χ1) is 16.4. The fourth-order valence-electron chi connectivity index (χ4n) is 5.17. The maximum absolute atomic E-state index is 6.35. The highest BCUT2D eigenvalue weighted by Gasteiger charge is 2.15. The molecule has 4 rings (SSSR count). The average Bonchev–Trinajstić information content (AvgIpc) is 3.56. The van der Waals surface area contributed by atoms with Gasteiger partial charge in [-0.3, -0.25) is 0 Å². The third-order valence-electron chi connectivity index (χ3n) is 7.13. The van der Waals surface area contributed by atoms with Crippen molar-refractivity contribution in [3.8, 4) is 0 Å². The lowest BCUT2D eigenvalue weighted by molar-refractivity contribution is 0.512. The quantitative estimate of drug-likeness (QED) is 0.136. The van der Waals surface area contributed by atoms with E-state index in [4.69, 9.17) is 4.42 Å². The minimum atomic E-state index is 1.07. The van der Waals surface area contributed by atoms with Crippen LogP contribution < -0.4 is 0 Å². The van der Waals surface area contributed by atoms with E-state index in [1.54, 1.807) is 0 Å². The zero-order valence-corrected chi connectivity index (χ0v) is 22.3. The molecule has 0 saturated heterocycles. The second-order valence-electron chi connectivity index (χ2n) is 9.84. The van der Waals surface area contributed by atoms with E-state index in [9.17, 15) is 0 Å². The van der Waals surface area contributed by atoms with Crippen LogP contribution in [0.4, 0.5) is 0 Å². The van der Waals surface area contributed by atoms with E-state index >= 15 is 0 Å². The number of hydrogen-bond acceptors (Lipinski definition) is 3. The lowest BCUT2D eigenvalue weighted by atomic mass is 10.0. The first kappa shape index (κ1) is 24.8. The summed E-state index contributed by atoms with van der Waals surface area (Å²) in [5.74, 6) is 1.17. The molecule has 0 saturated carbocycles. The Morgan fingerprint density at radius 1 is 0.576 bits per heavy atom. The third-order valence-corrected chi connectivity index (χ3v) is 9.12. The molecular formula is C30H42OS2. The van der Waals surface area contributed by atoms with Crippen molar-refractivity contribution in [3.05, 3.63) is 34.7 Å². The summed E-state index contributed by atoms with van der Waals surface area (Å²) < 4.78 is 9.16. The van der Waals surface area contributed by atoms with Crippen LogP contribution >= 0.6 is 22.7 Å². The molecule has 0 N–H and O–H groups in total. The lowest BCUT2D eigenvalue weighted by Crippen LogP contribution is -1.85. The molecule has 0 fully saturated rings. The SMILES string of the molecule is CCCCCCCCCCCCCCCCCCc1cc2c3ccsc3c3sccc3c2o1. The number of unbranched alkanes of at least 4 members (excludes halogenated alkanes) is 15. The Morgan fingerprint density at radius 2 is 1.06 bits per heavy atom. The molecule has 0 spiro atoms. The molecule has 0 amide bonds. The Labute approximate surface area is 208 Å². The van der Waals surface area contributed by atoms with Gasteiger partial charge in [0.05, 0.1) is 9.40 Å². The molecule has 0 unspecified atom stereocenters. The van der Waals surface area contributed by atoms with Crippen LogP contribution in [0.1, 0.15) is 115 Å². The van der Waals surface area contributed by atoms with Crippen molar-refractivity contribution < 1.29 is 4.42 Å². The summed E-state index contributed by atoms with van der Waals surface area (Å²) in [4.78, 5) is 0. The highest BCUT2D eigenvalue weighted by Crippen LogP contribution is 2.41. The van der Waals surface area contributed by atoms with Gasteiger partial charge in [0, 0.05) is 22.6 Å². The lowest BCUT2D eigenvalue weighted by Gasteiger charge is -2.03. The Morgan fingerprint density at radius 3 is 1.64 bits per heavy atom. The summed E-state index contributed by atoms with van der Waals surface area (Å²) in [5.41, 5.74) is 1.10. The number of benzene rings is 1. The average molecular weight is 483 g/mol. The fourth-order valence-corrected chi connectivity index (χ4v) is 7.17. The van der Waals surface area contributed by atoms with Gasteiger partial charge in [-0.1, -0.05) is 103 Å². The maximum Gasteiger partial charge on any atom is 0.143 e. The van der Waals surface area contributed by atoms with Gasteiger partial charge in [-0.25, -0.2) is 0 Å². The normalized spacial score (nSPS) is 12.0. The number of rotatable bonds is 17. The summed E-state index contributed by atoms with van der Waals surface area (Å²) >= 11 is 3.69. The van der Waals surface area contributed by atoms with Gasteiger partial charge >= 0.3 is 0 Å². The maximum atomic E-state index is 6.35. The number of hydrogen-bond donors (Lipinski definition) is 0. The molecule has 33 heavy (non-hydrogen) atoms. The largest absolute Gasteiger partial charge is 0.460 e. The number of thiophene rings is 2. The van der Waals surface area contributed by atoms with Gasteiger partial charge < -0.3 is 4.42 Å². The third kappa shape index (κ3) is 6.85. The molecule has 3 heterocycles. The molecule has 3 aromatic heterocycles. The van der Waals surface area contributed by atoms with Crippen LogP contribution in [0.2, 0.25) is 0 Å². The van der Waals surface area contributed by atoms with Crippen molar-refractivity contribution in [1.82, 2.24) is 0 Å². The Bertz CT molecular complexity index is 1020.